The van der Waals surface area contributed by atoms with E-state index in [4.69, 9.17) is 5.11 Å². The number of rotatable bonds is 4. The fourth-order valence-electron chi connectivity index (χ4n) is 0.383. The zero-order valence-electron chi connectivity index (χ0n) is 5.33. The minimum Gasteiger partial charge on any atom is -0.385 e. The molecular formula is C5H11O3P. The summed E-state index contributed by atoms with van der Waals surface area (Å²) in [5.41, 5.74) is 0. The summed E-state index contributed by atoms with van der Waals surface area (Å²) in [5.74, 6) is -0.211. The Morgan fingerprint density at radius 3 is 2.78 bits per heavy atom. The van der Waals surface area contributed by atoms with E-state index in [1.165, 1.54) is 6.92 Å². The topological polar surface area (TPSA) is 46.5 Å². The fourth-order valence-corrected chi connectivity index (χ4v) is 0.519. The Balaban J connectivity index is 3.27. The molecule has 0 aromatic rings. The average Bonchev–Trinajstić information content (AvgIpc) is 1.82. The largest absolute Gasteiger partial charge is 0.385 e. The monoisotopic (exact) mass is 150 g/mol. The molecule has 0 fully saturated rings. The highest BCUT2D eigenvalue weighted by atomic mass is 31.0. The number of ketones is 1. The van der Waals surface area contributed by atoms with Crippen molar-refractivity contribution in [3.8, 4) is 0 Å². The van der Waals surface area contributed by atoms with E-state index >= 15 is 0 Å². The number of hydrogen-bond donors (Lipinski definition) is 1. The number of aliphatic hydroxyl groups excluding tert-OH is 1. The molecule has 2 unspecified atom stereocenters. The first kappa shape index (κ1) is 9.02. The minimum absolute atomic E-state index is 0.211. The van der Waals surface area contributed by atoms with Crippen LogP contribution in [0.5, 0.6) is 0 Å². The lowest BCUT2D eigenvalue weighted by Gasteiger charge is -2.03. The van der Waals surface area contributed by atoms with Crippen LogP contribution in [0.25, 0.3) is 0 Å². The van der Waals surface area contributed by atoms with E-state index in [1.807, 2.05) is 0 Å². The van der Waals surface area contributed by atoms with Gasteiger partial charge in [0.25, 0.3) is 0 Å². The summed E-state index contributed by atoms with van der Waals surface area (Å²) >= 11 is 0. The third kappa shape index (κ3) is 4.52. The molecule has 2 atom stereocenters. The summed E-state index contributed by atoms with van der Waals surface area (Å²) in [7, 11) is 2.05. The van der Waals surface area contributed by atoms with Gasteiger partial charge in [-0.15, -0.1) is 0 Å². The van der Waals surface area contributed by atoms with Crippen LogP contribution in [-0.4, -0.2) is 23.6 Å². The van der Waals surface area contributed by atoms with Crippen LogP contribution in [0, 0.1) is 0 Å². The summed E-state index contributed by atoms with van der Waals surface area (Å²) in [6.07, 6.45) is -0.482. The standard InChI is InChI=1S/C5H11O3P/c1-4(6)5(7)2-3-8-9/h5,7H,2-3,9H2,1H3. The fraction of sp³-hybridized carbons (Fsp3) is 0.800. The molecule has 0 bridgehead atoms. The highest BCUT2D eigenvalue weighted by molar-refractivity contribution is 7.09. The van der Waals surface area contributed by atoms with Crippen molar-refractivity contribution in [3.63, 3.8) is 0 Å². The normalized spacial score (nSPS) is 13.2. The van der Waals surface area contributed by atoms with Gasteiger partial charge >= 0.3 is 0 Å². The van der Waals surface area contributed by atoms with Crippen molar-refractivity contribution in [1.29, 1.82) is 0 Å². The second-order valence-corrected chi connectivity index (χ2v) is 2.12. The molecule has 0 saturated carbocycles. The summed E-state index contributed by atoms with van der Waals surface area (Å²) in [6.45, 7) is 1.75. The van der Waals surface area contributed by atoms with Crippen LogP contribution < -0.4 is 0 Å². The molecule has 9 heavy (non-hydrogen) atoms. The van der Waals surface area contributed by atoms with Crippen molar-refractivity contribution < 1.29 is 14.4 Å². The van der Waals surface area contributed by atoms with E-state index in [2.05, 4.69) is 14.0 Å². The first-order valence-electron chi connectivity index (χ1n) is 2.68. The molecule has 0 aromatic carbocycles. The van der Waals surface area contributed by atoms with Crippen LogP contribution in [-0.2, 0) is 9.32 Å². The van der Waals surface area contributed by atoms with E-state index in [0.717, 1.165) is 0 Å². The van der Waals surface area contributed by atoms with Crippen molar-refractivity contribution in [1.82, 2.24) is 0 Å². The molecule has 0 aliphatic carbocycles. The van der Waals surface area contributed by atoms with Crippen LogP contribution in [0.1, 0.15) is 13.3 Å². The van der Waals surface area contributed by atoms with E-state index < -0.39 is 6.10 Å². The predicted octanol–water partition coefficient (Wildman–Crippen LogP) is 0.133. The maximum absolute atomic E-state index is 10.3. The van der Waals surface area contributed by atoms with Gasteiger partial charge in [0.2, 0.25) is 0 Å². The Morgan fingerprint density at radius 1 is 1.89 bits per heavy atom. The lowest BCUT2D eigenvalue weighted by atomic mass is 10.2. The second-order valence-electron chi connectivity index (χ2n) is 1.79. The molecule has 4 heteroatoms. The molecule has 0 aliphatic rings. The zero-order chi connectivity index (χ0) is 7.28. The number of carbonyl (C=O) groups is 1. The van der Waals surface area contributed by atoms with E-state index in [-0.39, 0.29) is 5.78 Å². The zero-order valence-corrected chi connectivity index (χ0v) is 6.49. The lowest BCUT2D eigenvalue weighted by Crippen LogP contribution is -2.17. The predicted molar refractivity (Wildman–Crippen MR) is 37.0 cm³/mol. The molecule has 3 nitrogen and oxygen atoms in total. The Kier molecular flexibility index (Phi) is 4.87. The SMILES string of the molecule is CC(=O)C(O)CCOP. The van der Waals surface area contributed by atoms with Gasteiger partial charge in [-0.05, 0) is 6.92 Å². The first-order valence-corrected chi connectivity index (χ1v) is 3.16. The molecular weight excluding hydrogens is 139 g/mol. The molecule has 0 radical (unpaired) electrons. The molecule has 54 valence electrons. The third-order valence-corrected chi connectivity index (χ3v) is 1.21. The van der Waals surface area contributed by atoms with Crippen LogP contribution in [0.4, 0.5) is 0 Å². The molecule has 0 saturated heterocycles. The number of Topliss-reactive ketones (excluding diaryl/α,β-unsaturated/α-hetero) is 1. The number of aliphatic hydroxyl groups is 1. The molecule has 1 N–H and O–H groups in total. The highest BCUT2D eigenvalue weighted by Gasteiger charge is 2.07. The summed E-state index contributed by atoms with van der Waals surface area (Å²) < 4.78 is 4.57. The van der Waals surface area contributed by atoms with Crippen molar-refractivity contribution >= 4 is 15.2 Å². The van der Waals surface area contributed by atoms with Gasteiger partial charge in [0, 0.05) is 15.9 Å². The Labute approximate surface area is 56.7 Å². The van der Waals surface area contributed by atoms with Crippen LogP contribution in [0.15, 0.2) is 0 Å². The van der Waals surface area contributed by atoms with Crippen molar-refractivity contribution in [3.05, 3.63) is 0 Å². The maximum atomic E-state index is 10.3. The van der Waals surface area contributed by atoms with Gasteiger partial charge in [-0.25, -0.2) is 0 Å². The maximum Gasteiger partial charge on any atom is 0.158 e. The Bertz CT molecular complexity index is 94.2. The summed E-state index contributed by atoms with van der Waals surface area (Å²) in [5, 5.41) is 8.82. The highest BCUT2D eigenvalue weighted by Crippen LogP contribution is 1.95. The molecule has 0 spiro atoms. The summed E-state index contributed by atoms with van der Waals surface area (Å²) in [6, 6.07) is 0. The van der Waals surface area contributed by atoms with Gasteiger partial charge in [0.15, 0.2) is 5.78 Å². The van der Waals surface area contributed by atoms with Crippen LogP contribution in [0.2, 0.25) is 0 Å². The second kappa shape index (κ2) is 4.86. The van der Waals surface area contributed by atoms with Crippen LogP contribution in [0.3, 0.4) is 0 Å². The third-order valence-electron chi connectivity index (χ3n) is 0.978. The molecule has 0 aliphatic heterocycles. The molecule has 0 heterocycles. The van der Waals surface area contributed by atoms with Crippen molar-refractivity contribution in [2.24, 2.45) is 0 Å². The van der Waals surface area contributed by atoms with Gasteiger partial charge in [-0.1, -0.05) is 0 Å². The molecule has 0 rings (SSSR count). The van der Waals surface area contributed by atoms with Gasteiger partial charge in [0.05, 0.1) is 6.61 Å². The smallest absolute Gasteiger partial charge is 0.158 e. The minimum atomic E-state index is -0.856. The van der Waals surface area contributed by atoms with E-state index in [0.29, 0.717) is 13.0 Å². The van der Waals surface area contributed by atoms with Gasteiger partial charge in [0.1, 0.15) is 6.10 Å². The van der Waals surface area contributed by atoms with Crippen molar-refractivity contribution in [2.45, 2.75) is 19.4 Å². The van der Waals surface area contributed by atoms with Gasteiger partial charge in [-0.3, -0.25) is 4.79 Å². The van der Waals surface area contributed by atoms with Gasteiger partial charge < -0.3 is 9.63 Å². The van der Waals surface area contributed by atoms with E-state index in [1.54, 1.807) is 0 Å². The first-order chi connectivity index (χ1) is 4.18. The van der Waals surface area contributed by atoms with Crippen molar-refractivity contribution in [2.75, 3.05) is 6.61 Å². The lowest BCUT2D eigenvalue weighted by molar-refractivity contribution is -0.125. The number of carbonyl (C=O) groups excluding carboxylic acids is 1. The number of hydrogen-bond acceptors (Lipinski definition) is 3. The van der Waals surface area contributed by atoms with Gasteiger partial charge in [-0.2, -0.15) is 0 Å². The molecule has 0 aromatic heterocycles. The summed E-state index contributed by atoms with van der Waals surface area (Å²) in [4.78, 5) is 10.3. The quantitative estimate of drug-likeness (QED) is 0.579. The van der Waals surface area contributed by atoms with E-state index in [9.17, 15) is 4.79 Å². The Morgan fingerprint density at radius 2 is 2.44 bits per heavy atom. The Hall–Kier alpha value is 0.0200. The average molecular weight is 150 g/mol. The molecule has 0 amide bonds. The van der Waals surface area contributed by atoms with Crippen LogP contribution >= 0.6 is 9.47 Å².